The van der Waals surface area contributed by atoms with Crippen molar-refractivity contribution >= 4 is 11.8 Å². The first-order valence-electron chi connectivity index (χ1n) is 8.65. The number of benzene rings is 2. The van der Waals surface area contributed by atoms with E-state index in [2.05, 4.69) is 0 Å². The molecule has 0 aliphatic carbocycles. The van der Waals surface area contributed by atoms with Crippen LogP contribution in [0.1, 0.15) is 34.7 Å². The third-order valence-electron chi connectivity index (χ3n) is 4.44. The van der Waals surface area contributed by atoms with Gasteiger partial charge >= 0.3 is 5.97 Å². The van der Waals surface area contributed by atoms with Gasteiger partial charge in [-0.25, -0.2) is 0 Å². The van der Waals surface area contributed by atoms with Crippen LogP contribution in [0.15, 0.2) is 36.4 Å². The maximum absolute atomic E-state index is 13.2. The molecule has 0 aliphatic heterocycles. The lowest BCUT2D eigenvalue weighted by Crippen LogP contribution is -2.15. The second-order valence-electron chi connectivity index (χ2n) is 6.03. The largest absolute Gasteiger partial charge is 0.493 e. The van der Waals surface area contributed by atoms with Gasteiger partial charge in [0.15, 0.2) is 28.8 Å². The fourth-order valence-electron chi connectivity index (χ4n) is 2.98. The van der Waals surface area contributed by atoms with E-state index in [1.165, 1.54) is 28.4 Å². The van der Waals surface area contributed by atoms with Crippen molar-refractivity contribution in [2.45, 2.75) is 18.8 Å². The molecule has 0 saturated heterocycles. The second kappa shape index (κ2) is 9.64. The summed E-state index contributed by atoms with van der Waals surface area (Å²) in [4.78, 5) is 24.3. The highest BCUT2D eigenvalue weighted by Crippen LogP contribution is 2.35. The Bertz CT molecular complexity index is 845. The normalized spacial score (nSPS) is 11.4. The molecule has 150 valence electrons. The van der Waals surface area contributed by atoms with Gasteiger partial charge in [0, 0.05) is 17.9 Å². The summed E-state index contributed by atoms with van der Waals surface area (Å²) in [5.41, 5.74) is 1.06. The van der Waals surface area contributed by atoms with Crippen molar-refractivity contribution in [2.75, 3.05) is 28.4 Å². The standard InChI is InChI=1S/C21H24O7/c1-25-16-8-5-13(11-18(16)27-3)15(7-10-20(22)23)21(24)14-6-9-17(26-2)19(12-14)28-4/h5-6,8-9,11-12,15H,7,10H2,1-4H3,(H,22,23)/t15-/m1/s1. The Balaban J connectivity index is 2.45. The van der Waals surface area contributed by atoms with E-state index in [4.69, 9.17) is 24.1 Å². The van der Waals surface area contributed by atoms with E-state index in [-0.39, 0.29) is 18.6 Å². The first kappa shape index (κ1) is 21.1. The highest BCUT2D eigenvalue weighted by molar-refractivity contribution is 6.01. The number of ether oxygens (including phenoxy) is 4. The Morgan fingerprint density at radius 2 is 1.36 bits per heavy atom. The van der Waals surface area contributed by atoms with E-state index in [0.29, 0.717) is 34.1 Å². The summed E-state index contributed by atoms with van der Waals surface area (Å²) in [6.07, 6.45) is 0.00996. The highest BCUT2D eigenvalue weighted by Gasteiger charge is 2.25. The minimum Gasteiger partial charge on any atom is -0.493 e. The van der Waals surface area contributed by atoms with E-state index < -0.39 is 11.9 Å². The summed E-state index contributed by atoms with van der Waals surface area (Å²) in [6, 6.07) is 10.0. The van der Waals surface area contributed by atoms with Gasteiger partial charge in [0.05, 0.1) is 28.4 Å². The number of hydrogen-bond donors (Lipinski definition) is 1. The molecule has 0 spiro atoms. The quantitative estimate of drug-likeness (QED) is 0.622. The van der Waals surface area contributed by atoms with Crippen molar-refractivity contribution in [1.29, 1.82) is 0 Å². The Kier molecular flexibility index (Phi) is 7.26. The number of rotatable bonds is 10. The van der Waals surface area contributed by atoms with Crippen molar-refractivity contribution in [3.05, 3.63) is 47.5 Å². The van der Waals surface area contributed by atoms with E-state index in [9.17, 15) is 9.59 Å². The Morgan fingerprint density at radius 1 is 0.821 bits per heavy atom. The number of hydrogen-bond acceptors (Lipinski definition) is 6. The molecule has 0 radical (unpaired) electrons. The number of ketones is 1. The zero-order chi connectivity index (χ0) is 20.7. The molecule has 2 rings (SSSR count). The van der Waals surface area contributed by atoms with Gasteiger partial charge in [-0.05, 0) is 42.3 Å². The molecule has 28 heavy (non-hydrogen) atoms. The van der Waals surface area contributed by atoms with Crippen LogP contribution >= 0.6 is 0 Å². The van der Waals surface area contributed by atoms with Crippen LogP contribution in [0, 0.1) is 0 Å². The molecule has 1 atom stereocenters. The number of aliphatic carboxylic acids is 1. The SMILES string of the molecule is COc1ccc(C(=O)[C@H](CCC(=O)O)c2ccc(OC)c(OC)c2)cc1OC. The van der Waals surface area contributed by atoms with Crippen molar-refractivity contribution in [2.24, 2.45) is 0 Å². The lowest BCUT2D eigenvalue weighted by molar-refractivity contribution is -0.137. The zero-order valence-electron chi connectivity index (χ0n) is 16.4. The number of Topliss-reactive ketones (excluding diaryl/α,β-unsaturated/α-hetero) is 1. The summed E-state index contributed by atoms with van der Waals surface area (Å²) in [7, 11) is 6.03. The van der Waals surface area contributed by atoms with Gasteiger partial charge in [-0.15, -0.1) is 0 Å². The molecule has 2 aromatic carbocycles. The van der Waals surface area contributed by atoms with Crippen molar-refractivity contribution in [3.8, 4) is 23.0 Å². The number of methoxy groups -OCH3 is 4. The molecule has 2 aromatic rings. The predicted molar refractivity (Wildman–Crippen MR) is 103 cm³/mol. The Labute approximate surface area is 163 Å². The fraction of sp³-hybridized carbons (Fsp3) is 0.333. The summed E-state index contributed by atoms with van der Waals surface area (Å²) in [6.45, 7) is 0. The summed E-state index contributed by atoms with van der Waals surface area (Å²) in [5, 5.41) is 9.10. The molecule has 0 heterocycles. The van der Waals surface area contributed by atoms with E-state index in [1.807, 2.05) is 0 Å². The van der Waals surface area contributed by atoms with Crippen LogP contribution in [0.2, 0.25) is 0 Å². The molecule has 0 aromatic heterocycles. The van der Waals surface area contributed by atoms with Crippen molar-refractivity contribution < 1.29 is 33.6 Å². The molecule has 7 heteroatoms. The van der Waals surface area contributed by atoms with E-state index in [0.717, 1.165) is 0 Å². The number of carboxylic acids is 1. The minimum atomic E-state index is -0.967. The third-order valence-corrected chi connectivity index (χ3v) is 4.44. The highest BCUT2D eigenvalue weighted by atomic mass is 16.5. The molecule has 0 aliphatic rings. The zero-order valence-corrected chi connectivity index (χ0v) is 16.4. The molecule has 0 unspecified atom stereocenters. The Hall–Kier alpha value is -3.22. The van der Waals surface area contributed by atoms with Gasteiger partial charge in [0.1, 0.15) is 0 Å². The van der Waals surface area contributed by atoms with Crippen molar-refractivity contribution in [1.82, 2.24) is 0 Å². The molecule has 0 amide bonds. The number of carboxylic acid groups (broad SMARTS) is 1. The van der Waals surface area contributed by atoms with Crippen LogP contribution in [0.3, 0.4) is 0 Å². The topological polar surface area (TPSA) is 91.3 Å². The van der Waals surface area contributed by atoms with Crippen molar-refractivity contribution in [3.63, 3.8) is 0 Å². The van der Waals surface area contributed by atoms with E-state index in [1.54, 1.807) is 36.4 Å². The average Bonchev–Trinajstić information content (AvgIpc) is 2.72. The monoisotopic (exact) mass is 388 g/mol. The van der Waals surface area contributed by atoms with Crippen LogP contribution in [0.5, 0.6) is 23.0 Å². The Morgan fingerprint density at radius 3 is 1.89 bits per heavy atom. The summed E-state index contributed by atoms with van der Waals surface area (Å²) < 4.78 is 21.0. The smallest absolute Gasteiger partial charge is 0.303 e. The van der Waals surface area contributed by atoms with Gasteiger partial charge in [0.25, 0.3) is 0 Å². The molecular weight excluding hydrogens is 364 g/mol. The maximum atomic E-state index is 13.2. The second-order valence-corrected chi connectivity index (χ2v) is 6.03. The number of carbonyl (C=O) groups is 2. The maximum Gasteiger partial charge on any atom is 0.303 e. The van der Waals surface area contributed by atoms with Gasteiger partial charge < -0.3 is 24.1 Å². The van der Waals surface area contributed by atoms with Crippen LogP contribution < -0.4 is 18.9 Å². The fourth-order valence-corrected chi connectivity index (χ4v) is 2.98. The molecular formula is C21H24O7. The summed E-state index contributed by atoms with van der Waals surface area (Å²) in [5.74, 6) is 0.0983. The predicted octanol–water partition coefficient (Wildman–Crippen LogP) is 3.55. The molecule has 0 saturated carbocycles. The van der Waals surface area contributed by atoms with Gasteiger partial charge in [-0.2, -0.15) is 0 Å². The van der Waals surface area contributed by atoms with Gasteiger partial charge in [-0.1, -0.05) is 6.07 Å². The van der Waals surface area contributed by atoms with Crippen LogP contribution in [0.25, 0.3) is 0 Å². The molecule has 0 bridgehead atoms. The average molecular weight is 388 g/mol. The molecule has 1 N–H and O–H groups in total. The first-order valence-corrected chi connectivity index (χ1v) is 8.65. The lowest BCUT2D eigenvalue weighted by Gasteiger charge is -2.18. The minimum absolute atomic E-state index is 0.141. The van der Waals surface area contributed by atoms with Crippen LogP contribution in [0.4, 0.5) is 0 Å². The van der Waals surface area contributed by atoms with Gasteiger partial charge in [0.2, 0.25) is 0 Å². The summed E-state index contributed by atoms with van der Waals surface area (Å²) >= 11 is 0. The van der Waals surface area contributed by atoms with Gasteiger partial charge in [-0.3, -0.25) is 9.59 Å². The molecule has 7 nitrogen and oxygen atoms in total. The third kappa shape index (κ3) is 4.73. The van der Waals surface area contributed by atoms with Crippen LogP contribution in [-0.4, -0.2) is 45.3 Å². The number of carbonyl (C=O) groups excluding carboxylic acids is 1. The van der Waals surface area contributed by atoms with Crippen LogP contribution in [-0.2, 0) is 4.79 Å². The van der Waals surface area contributed by atoms with E-state index >= 15 is 0 Å². The molecule has 0 fully saturated rings. The lowest BCUT2D eigenvalue weighted by atomic mass is 9.86. The first-order chi connectivity index (χ1) is 13.4.